The lowest BCUT2D eigenvalue weighted by molar-refractivity contribution is -0.143. The molecule has 1 saturated carbocycles. The first kappa shape index (κ1) is 28.7. The molecule has 0 unspecified atom stereocenters. The number of sulfonamides is 1. The summed E-state index contributed by atoms with van der Waals surface area (Å²) in [5.41, 5.74) is 2.83. The normalized spacial score (nSPS) is 19.8. The number of carbonyl (C=O) groups is 2. The van der Waals surface area contributed by atoms with E-state index in [-0.39, 0.29) is 35.2 Å². The Morgan fingerprint density at radius 3 is 2.42 bits per heavy atom. The number of carbonyl (C=O) groups excluding carboxylic acids is 2. The molecule has 0 atom stereocenters. The molecule has 3 heterocycles. The number of hydrogen-bond acceptors (Lipinski definition) is 7. The third kappa shape index (κ3) is 5.33. The Kier molecular flexibility index (Phi) is 7.83. The summed E-state index contributed by atoms with van der Waals surface area (Å²) in [7, 11) is -3.77. The molecule has 1 saturated heterocycles. The molecule has 3 aromatic rings. The highest BCUT2D eigenvalue weighted by atomic mass is 32.2. The lowest BCUT2D eigenvalue weighted by Crippen LogP contribution is -2.47. The summed E-state index contributed by atoms with van der Waals surface area (Å²) < 4.78 is 35.3. The number of morpholine rings is 1. The largest absolute Gasteiger partial charge is 0.379 e. The molecule has 0 N–H and O–H groups in total. The van der Waals surface area contributed by atoms with Gasteiger partial charge in [-0.2, -0.15) is 14.7 Å². The molecule has 0 radical (unpaired) electrons. The van der Waals surface area contributed by atoms with Gasteiger partial charge in [-0.05, 0) is 55.7 Å². The van der Waals surface area contributed by atoms with Crippen molar-refractivity contribution >= 4 is 27.9 Å². The number of nitrogens with zero attached hydrogens (tertiary/aromatic N) is 5. The lowest BCUT2D eigenvalue weighted by atomic mass is 9.92. The summed E-state index contributed by atoms with van der Waals surface area (Å²) in [4.78, 5) is 28.5. The minimum Gasteiger partial charge on any atom is -0.379 e. The SMILES string of the molecule is CC1=C(C#N)C(=O)N(C2CCCC2)C(=O)/C1=C/c1cn(-c2ccccc2)nc1-c1cccc(S(=O)(=O)N2CCOCC2)c1. The van der Waals surface area contributed by atoms with Crippen molar-refractivity contribution < 1.29 is 22.7 Å². The van der Waals surface area contributed by atoms with Crippen LogP contribution in [0.25, 0.3) is 23.0 Å². The topological polar surface area (TPSA) is 126 Å². The molecule has 6 rings (SSSR count). The summed E-state index contributed by atoms with van der Waals surface area (Å²) in [6.07, 6.45) is 6.69. The summed E-state index contributed by atoms with van der Waals surface area (Å²) in [6.45, 7) is 2.84. The first-order valence-electron chi connectivity index (χ1n) is 14.3. The van der Waals surface area contributed by atoms with Gasteiger partial charge in [0.25, 0.3) is 11.8 Å². The highest BCUT2D eigenvalue weighted by molar-refractivity contribution is 7.89. The summed E-state index contributed by atoms with van der Waals surface area (Å²) >= 11 is 0. The maximum Gasteiger partial charge on any atom is 0.271 e. The molecule has 1 aromatic heterocycles. The van der Waals surface area contributed by atoms with E-state index >= 15 is 0 Å². The lowest BCUT2D eigenvalue weighted by Gasteiger charge is -2.32. The van der Waals surface area contributed by atoms with Crippen LogP contribution in [0.1, 0.15) is 38.2 Å². The van der Waals surface area contributed by atoms with E-state index in [0.29, 0.717) is 48.4 Å². The molecule has 11 heteroatoms. The molecule has 2 aromatic carbocycles. The highest BCUT2D eigenvalue weighted by Crippen LogP contribution is 2.35. The first-order valence-corrected chi connectivity index (χ1v) is 15.8. The second-order valence-corrected chi connectivity index (χ2v) is 12.8. The molecule has 10 nitrogen and oxygen atoms in total. The number of aromatic nitrogens is 2. The fourth-order valence-electron chi connectivity index (χ4n) is 5.92. The van der Waals surface area contributed by atoms with E-state index in [1.54, 1.807) is 48.1 Å². The zero-order valence-corrected chi connectivity index (χ0v) is 24.6. The van der Waals surface area contributed by atoms with Crippen LogP contribution in [0.4, 0.5) is 0 Å². The van der Waals surface area contributed by atoms with E-state index in [1.165, 1.54) is 9.21 Å². The zero-order chi connectivity index (χ0) is 30.1. The van der Waals surface area contributed by atoms with E-state index in [9.17, 15) is 23.3 Å². The number of rotatable bonds is 6. The van der Waals surface area contributed by atoms with Gasteiger partial charge in [-0.1, -0.05) is 43.2 Å². The summed E-state index contributed by atoms with van der Waals surface area (Å²) in [5.74, 6) is -0.981. The van der Waals surface area contributed by atoms with Crippen molar-refractivity contribution in [3.8, 4) is 23.0 Å². The Hall–Kier alpha value is -4.37. The number of amides is 2. The predicted molar refractivity (Wildman–Crippen MR) is 159 cm³/mol. The average Bonchev–Trinajstić information content (AvgIpc) is 3.71. The monoisotopic (exact) mass is 597 g/mol. The third-order valence-electron chi connectivity index (χ3n) is 8.24. The van der Waals surface area contributed by atoms with Crippen LogP contribution in [-0.2, 0) is 24.3 Å². The van der Waals surface area contributed by atoms with Crippen LogP contribution in [0.5, 0.6) is 0 Å². The van der Waals surface area contributed by atoms with Crippen molar-refractivity contribution in [2.75, 3.05) is 26.3 Å². The standard InChI is InChI=1S/C32H31N5O5S/c1-22-28(31(38)37(26-11-5-6-12-26)32(39)29(22)20-33)19-24-21-36(25-9-3-2-4-10-25)34-30(24)23-8-7-13-27(18-23)43(40,41)35-14-16-42-17-15-35/h2-4,7-10,13,18-19,21,26H,5-6,11-12,14-17H2,1H3/b28-19+. The zero-order valence-electron chi connectivity index (χ0n) is 23.8. The van der Waals surface area contributed by atoms with Crippen LogP contribution in [0, 0.1) is 11.3 Å². The number of nitriles is 1. The van der Waals surface area contributed by atoms with Crippen LogP contribution in [0.3, 0.4) is 0 Å². The third-order valence-corrected chi connectivity index (χ3v) is 10.1. The molecule has 0 bridgehead atoms. The Bertz CT molecular complexity index is 1790. The molecule has 1 aliphatic carbocycles. The molecule has 2 aliphatic heterocycles. The molecular weight excluding hydrogens is 566 g/mol. The minimum absolute atomic E-state index is 0.0478. The van der Waals surface area contributed by atoms with Crippen molar-refractivity contribution in [3.63, 3.8) is 0 Å². The van der Waals surface area contributed by atoms with Crippen molar-refractivity contribution in [1.29, 1.82) is 5.26 Å². The average molecular weight is 598 g/mol. The smallest absolute Gasteiger partial charge is 0.271 e. The van der Waals surface area contributed by atoms with Crippen molar-refractivity contribution in [2.45, 2.75) is 43.5 Å². The summed E-state index contributed by atoms with van der Waals surface area (Å²) in [6, 6.07) is 17.8. The van der Waals surface area contributed by atoms with Gasteiger partial charge < -0.3 is 4.74 Å². The van der Waals surface area contributed by atoms with Gasteiger partial charge in [-0.25, -0.2) is 13.1 Å². The molecular formula is C32H31N5O5S. The predicted octanol–water partition coefficient (Wildman–Crippen LogP) is 4.10. The van der Waals surface area contributed by atoms with Crippen molar-refractivity contribution in [2.24, 2.45) is 0 Å². The van der Waals surface area contributed by atoms with Crippen LogP contribution in [0.15, 0.2) is 82.4 Å². The fourth-order valence-corrected chi connectivity index (χ4v) is 7.37. The minimum atomic E-state index is -3.77. The molecule has 0 spiro atoms. The van der Waals surface area contributed by atoms with Gasteiger partial charge in [0.1, 0.15) is 17.3 Å². The number of para-hydroxylation sites is 1. The first-order chi connectivity index (χ1) is 20.8. The van der Waals surface area contributed by atoms with Gasteiger partial charge in [0.15, 0.2) is 0 Å². The Balaban J connectivity index is 1.49. The van der Waals surface area contributed by atoms with Gasteiger partial charge in [-0.15, -0.1) is 0 Å². The molecule has 220 valence electrons. The van der Waals surface area contributed by atoms with E-state index in [0.717, 1.165) is 18.5 Å². The van der Waals surface area contributed by atoms with E-state index < -0.39 is 21.8 Å². The number of benzene rings is 2. The Labute approximate surface area is 250 Å². The molecule has 43 heavy (non-hydrogen) atoms. The Morgan fingerprint density at radius 1 is 1.00 bits per heavy atom. The van der Waals surface area contributed by atoms with Crippen LogP contribution >= 0.6 is 0 Å². The molecule has 2 fully saturated rings. The van der Waals surface area contributed by atoms with Crippen LogP contribution in [0.2, 0.25) is 0 Å². The van der Waals surface area contributed by atoms with E-state index in [4.69, 9.17) is 9.84 Å². The molecule has 2 amide bonds. The number of ether oxygens (including phenoxy) is 1. The van der Waals surface area contributed by atoms with Gasteiger partial charge in [0.05, 0.1) is 23.8 Å². The number of hydrogen-bond donors (Lipinski definition) is 0. The second-order valence-electron chi connectivity index (χ2n) is 10.8. The van der Waals surface area contributed by atoms with E-state index in [2.05, 4.69) is 0 Å². The van der Waals surface area contributed by atoms with Crippen LogP contribution < -0.4 is 0 Å². The maximum atomic E-state index is 13.9. The van der Waals surface area contributed by atoms with Gasteiger partial charge >= 0.3 is 0 Å². The van der Waals surface area contributed by atoms with Gasteiger partial charge in [-0.3, -0.25) is 14.5 Å². The van der Waals surface area contributed by atoms with Crippen molar-refractivity contribution in [3.05, 3.63) is 83.1 Å². The molecule has 3 aliphatic rings. The van der Waals surface area contributed by atoms with Gasteiger partial charge in [0.2, 0.25) is 10.0 Å². The van der Waals surface area contributed by atoms with Crippen molar-refractivity contribution in [1.82, 2.24) is 19.0 Å². The quantitative estimate of drug-likeness (QED) is 0.309. The second kappa shape index (κ2) is 11.7. The Morgan fingerprint density at radius 2 is 1.72 bits per heavy atom. The van der Waals surface area contributed by atoms with Gasteiger partial charge in [0, 0.05) is 42.0 Å². The highest BCUT2D eigenvalue weighted by Gasteiger charge is 2.40. The maximum absolute atomic E-state index is 13.9. The summed E-state index contributed by atoms with van der Waals surface area (Å²) in [5, 5.41) is 14.7. The number of imide groups is 1. The van der Waals surface area contributed by atoms with E-state index in [1.807, 2.05) is 36.4 Å². The van der Waals surface area contributed by atoms with Crippen LogP contribution in [-0.4, -0.2) is 71.6 Å². The fraction of sp³-hybridized carbons (Fsp3) is 0.312.